The molecule has 1 atom stereocenters. The molecule has 2 aliphatic rings. The predicted octanol–water partition coefficient (Wildman–Crippen LogP) is 2.49. The van der Waals surface area contributed by atoms with Crippen LogP contribution in [0.25, 0.3) is 10.8 Å². The highest BCUT2D eigenvalue weighted by molar-refractivity contribution is 7.98. The minimum absolute atomic E-state index is 0.121. The van der Waals surface area contributed by atoms with Crippen LogP contribution in [-0.2, 0) is 21.5 Å². The molecule has 0 radical (unpaired) electrons. The molecular formula is C23H32N4O3S2. The third-order valence-corrected chi connectivity index (χ3v) is 9.21. The standard InChI is InChI=1S/C23H32N4O3S2/c1-25(2)32(29,30)26-13-11-23(12-14-26)24-21(10-15-31-3)22(28)27(23)17-18-8-9-19-6-4-5-7-20(19)16-18/h4-9,16,21,24H,10-15,17H2,1-3H3. The van der Waals surface area contributed by atoms with Crippen LogP contribution in [0.1, 0.15) is 24.8 Å². The van der Waals surface area contributed by atoms with Gasteiger partial charge in [0.25, 0.3) is 10.2 Å². The van der Waals surface area contributed by atoms with Gasteiger partial charge in [-0.2, -0.15) is 28.8 Å². The molecular weight excluding hydrogens is 444 g/mol. The molecule has 7 nitrogen and oxygen atoms in total. The van der Waals surface area contributed by atoms with Crippen molar-refractivity contribution in [3.05, 3.63) is 48.0 Å². The van der Waals surface area contributed by atoms with Crippen molar-refractivity contribution in [2.45, 2.75) is 37.5 Å². The summed E-state index contributed by atoms with van der Waals surface area (Å²) in [6.07, 6.45) is 3.98. The molecule has 2 aliphatic heterocycles. The summed E-state index contributed by atoms with van der Waals surface area (Å²) in [5.74, 6) is 1.03. The van der Waals surface area contributed by atoms with Gasteiger partial charge in [-0.25, -0.2) is 0 Å². The third kappa shape index (κ3) is 4.41. The number of carbonyl (C=O) groups excluding carboxylic acids is 1. The minimum atomic E-state index is -3.46. The maximum absolute atomic E-state index is 13.5. The Hall–Kier alpha value is -1.65. The van der Waals surface area contributed by atoms with Gasteiger partial charge in [0.05, 0.1) is 11.7 Å². The lowest BCUT2D eigenvalue weighted by molar-refractivity contribution is -0.134. The van der Waals surface area contributed by atoms with E-state index in [1.165, 1.54) is 14.0 Å². The quantitative estimate of drug-likeness (QED) is 0.665. The van der Waals surface area contributed by atoms with Gasteiger partial charge in [-0.05, 0) is 53.7 Å². The first-order valence-corrected chi connectivity index (χ1v) is 13.8. The van der Waals surface area contributed by atoms with Crippen LogP contribution in [0.5, 0.6) is 0 Å². The molecule has 1 spiro atoms. The Bertz CT molecular complexity index is 1080. The van der Waals surface area contributed by atoms with Crippen LogP contribution in [0.15, 0.2) is 42.5 Å². The molecule has 1 N–H and O–H groups in total. The highest BCUT2D eigenvalue weighted by Gasteiger charge is 2.52. The molecule has 9 heteroatoms. The number of thioether (sulfide) groups is 1. The van der Waals surface area contributed by atoms with E-state index in [-0.39, 0.29) is 11.9 Å². The van der Waals surface area contributed by atoms with E-state index in [0.717, 1.165) is 23.1 Å². The van der Waals surface area contributed by atoms with Gasteiger partial charge in [-0.3, -0.25) is 10.1 Å². The molecule has 2 aromatic rings. The van der Waals surface area contributed by atoms with Crippen molar-refractivity contribution in [1.29, 1.82) is 0 Å². The molecule has 1 amide bonds. The lowest BCUT2D eigenvalue weighted by Crippen LogP contribution is -2.60. The van der Waals surface area contributed by atoms with E-state index in [4.69, 9.17) is 0 Å². The summed E-state index contributed by atoms with van der Waals surface area (Å²) in [6.45, 7) is 1.31. The first-order chi connectivity index (χ1) is 15.3. The van der Waals surface area contributed by atoms with E-state index in [1.807, 2.05) is 23.3 Å². The smallest absolute Gasteiger partial charge is 0.281 e. The second kappa shape index (κ2) is 9.30. The Balaban J connectivity index is 1.59. The van der Waals surface area contributed by atoms with Crippen LogP contribution in [0, 0.1) is 0 Å². The average Bonchev–Trinajstić information content (AvgIpc) is 3.03. The second-order valence-electron chi connectivity index (χ2n) is 8.81. The highest BCUT2D eigenvalue weighted by atomic mass is 32.2. The molecule has 0 bridgehead atoms. The van der Waals surface area contributed by atoms with Gasteiger partial charge in [0.15, 0.2) is 0 Å². The average molecular weight is 477 g/mol. The van der Waals surface area contributed by atoms with Crippen molar-refractivity contribution in [3.63, 3.8) is 0 Å². The number of carbonyl (C=O) groups is 1. The topological polar surface area (TPSA) is 73.0 Å². The van der Waals surface area contributed by atoms with E-state index in [9.17, 15) is 13.2 Å². The van der Waals surface area contributed by atoms with Gasteiger partial charge in [-0.15, -0.1) is 0 Å². The fourth-order valence-electron chi connectivity index (χ4n) is 4.78. The number of nitrogens with one attached hydrogen (secondary N) is 1. The molecule has 174 valence electrons. The lowest BCUT2D eigenvalue weighted by Gasteiger charge is -2.44. The van der Waals surface area contributed by atoms with E-state index >= 15 is 0 Å². The monoisotopic (exact) mass is 476 g/mol. The number of benzene rings is 2. The fourth-order valence-corrected chi connectivity index (χ4v) is 6.35. The summed E-state index contributed by atoms with van der Waals surface area (Å²) in [4.78, 5) is 15.4. The number of amides is 1. The maximum atomic E-state index is 13.5. The number of rotatable bonds is 7. The van der Waals surface area contributed by atoms with Crippen molar-refractivity contribution in [1.82, 2.24) is 18.8 Å². The van der Waals surface area contributed by atoms with Crippen LogP contribution in [0.3, 0.4) is 0 Å². The summed E-state index contributed by atoms with van der Waals surface area (Å²) in [5.41, 5.74) is 0.580. The van der Waals surface area contributed by atoms with Gasteiger partial charge >= 0.3 is 0 Å². The van der Waals surface area contributed by atoms with E-state index in [2.05, 4.69) is 35.6 Å². The molecule has 2 aromatic carbocycles. The molecule has 32 heavy (non-hydrogen) atoms. The Morgan fingerprint density at radius 3 is 2.47 bits per heavy atom. The third-order valence-electron chi connectivity index (χ3n) is 6.63. The van der Waals surface area contributed by atoms with Gasteiger partial charge in [0.2, 0.25) is 5.91 Å². The number of hydrogen-bond donors (Lipinski definition) is 1. The summed E-state index contributed by atoms with van der Waals surface area (Å²) in [7, 11) is -0.342. The molecule has 2 fully saturated rings. The van der Waals surface area contributed by atoms with Gasteiger partial charge in [-0.1, -0.05) is 36.4 Å². The van der Waals surface area contributed by atoms with Crippen LogP contribution in [0.4, 0.5) is 0 Å². The van der Waals surface area contributed by atoms with Crippen LogP contribution in [-0.4, -0.2) is 78.7 Å². The molecule has 2 heterocycles. The van der Waals surface area contributed by atoms with Crippen molar-refractivity contribution >= 4 is 38.7 Å². The Labute approximate surface area is 195 Å². The van der Waals surface area contributed by atoms with Crippen molar-refractivity contribution in [2.75, 3.05) is 39.2 Å². The summed E-state index contributed by atoms with van der Waals surface area (Å²) in [6, 6.07) is 14.3. The van der Waals surface area contributed by atoms with Gasteiger partial charge in [0.1, 0.15) is 0 Å². The van der Waals surface area contributed by atoms with E-state index in [1.54, 1.807) is 25.9 Å². The van der Waals surface area contributed by atoms with Crippen molar-refractivity contribution < 1.29 is 13.2 Å². The first-order valence-electron chi connectivity index (χ1n) is 11.0. The number of hydrogen-bond acceptors (Lipinski definition) is 5. The Morgan fingerprint density at radius 2 is 1.81 bits per heavy atom. The minimum Gasteiger partial charge on any atom is -0.319 e. The van der Waals surface area contributed by atoms with Crippen LogP contribution >= 0.6 is 11.8 Å². The van der Waals surface area contributed by atoms with Crippen molar-refractivity contribution in [3.8, 4) is 0 Å². The molecule has 1 unspecified atom stereocenters. The molecule has 0 aliphatic carbocycles. The van der Waals surface area contributed by atoms with Crippen LogP contribution in [0.2, 0.25) is 0 Å². The summed E-state index contributed by atoms with van der Waals surface area (Å²) < 4.78 is 28.0. The van der Waals surface area contributed by atoms with E-state index in [0.29, 0.717) is 32.5 Å². The molecule has 4 rings (SSSR count). The lowest BCUT2D eigenvalue weighted by atomic mass is 9.96. The fraction of sp³-hybridized carbons (Fsp3) is 0.522. The molecule has 0 saturated carbocycles. The number of nitrogens with zero attached hydrogens (tertiary/aromatic N) is 3. The zero-order chi connectivity index (χ0) is 22.9. The normalized spacial score (nSPS) is 21.8. The maximum Gasteiger partial charge on any atom is 0.281 e. The van der Waals surface area contributed by atoms with Crippen molar-refractivity contribution in [2.24, 2.45) is 0 Å². The summed E-state index contributed by atoms with van der Waals surface area (Å²) >= 11 is 1.74. The Morgan fingerprint density at radius 1 is 1.12 bits per heavy atom. The zero-order valence-electron chi connectivity index (χ0n) is 19.0. The largest absolute Gasteiger partial charge is 0.319 e. The highest BCUT2D eigenvalue weighted by Crippen LogP contribution is 2.36. The van der Waals surface area contributed by atoms with Gasteiger partial charge < -0.3 is 4.90 Å². The summed E-state index contributed by atoms with van der Waals surface area (Å²) in [5, 5.41) is 5.96. The number of piperidine rings is 1. The zero-order valence-corrected chi connectivity index (χ0v) is 20.6. The SMILES string of the molecule is CSCCC1NC2(CCN(S(=O)(=O)N(C)C)CC2)N(Cc2ccc3ccccc3c2)C1=O. The molecule has 0 aromatic heterocycles. The van der Waals surface area contributed by atoms with Gasteiger partial charge in [0, 0.05) is 33.7 Å². The van der Waals surface area contributed by atoms with E-state index < -0.39 is 15.9 Å². The van der Waals surface area contributed by atoms with Crippen LogP contribution < -0.4 is 5.32 Å². The number of fused-ring (bicyclic) bond motifs is 1. The predicted molar refractivity (Wildman–Crippen MR) is 131 cm³/mol. The molecule has 2 saturated heterocycles. The Kier molecular flexibility index (Phi) is 6.84. The second-order valence-corrected chi connectivity index (χ2v) is 11.9. The first kappa shape index (κ1) is 23.5.